The fourth-order valence-corrected chi connectivity index (χ4v) is 3.52. The lowest BCUT2D eigenvalue weighted by Crippen LogP contribution is -2.39. The second kappa shape index (κ2) is 4.34. The van der Waals surface area contributed by atoms with Crippen LogP contribution in [0.25, 0.3) is 0 Å². The quantitative estimate of drug-likeness (QED) is 0.556. The van der Waals surface area contributed by atoms with Gasteiger partial charge in [0.15, 0.2) is 0 Å². The molecule has 4 atom stereocenters. The number of hydrogen-bond donors (Lipinski definition) is 0. The van der Waals surface area contributed by atoms with Gasteiger partial charge in [0, 0.05) is 6.54 Å². The van der Waals surface area contributed by atoms with Gasteiger partial charge in [-0.3, -0.25) is 9.59 Å². The molecule has 3 rings (SSSR count). The van der Waals surface area contributed by atoms with Crippen molar-refractivity contribution in [3.05, 3.63) is 12.2 Å². The van der Waals surface area contributed by atoms with E-state index in [2.05, 4.69) is 6.92 Å². The lowest BCUT2D eigenvalue weighted by molar-refractivity contribution is -0.151. The van der Waals surface area contributed by atoms with Crippen LogP contribution in [0.15, 0.2) is 12.2 Å². The molecule has 5 nitrogen and oxygen atoms in total. The number of amides is 1. The first-order valence-corrected chi connectivity index (χ1v) is 6.87. The lowest BCUT2D eigenvalue weighted by atomic mass is 9.77. The first kappa shape index (κ1) is 12.7. The van der Waals surface area contributed by atoms with Crippen molar-refractivity contribution in [1.82, 2.24) is 4.90 Å². The van der Waals surface area contributed by atoms with Crippen molar-refractivity contribution in [2.45, 2.75) is 31.5 Å². The molecule has 2 fully saturated rings. The van der Waals surface area contributed by atoms with Crippen molar-refractivity contribution in [1.29, 1.82) is 0 Å². The Bertz CT molecular complexity index is 447. The first-order valence-electron chi connectivity index (χ1n) is 6.87. The van der Waals surface area contributed by atoms with Crippen LogP contribution >= 0.6 is 0 Å². The average molecular weight is 265 g/mol. The van der Waals surface area contributed by atoms with E-state index in [4.69, 9.17) is 9.47 Å². The van der Waals surface area contributed by atoms with E-state index in [1.165, 1.54) is 7.11 Å². The second-order valence-corrected chi connectivity index (χ2v) is 5.54. The van der Waals surface area contributed by atoms with Crippen molar-refractivity contribution in [2.75, 3.05) is 20.2 Å². The van der Waals surface area contributed by atoms with E-state index in [9.17, 15) is 9.59 Å². The smallest absolute Gasteiger partial charge is 0.312 e. The summed E-state index contributed by atoms with van der Waals surface area (Å²) in [7, 11) is 1.36. The Morgan fingerprint density at radius 1 is 1.63 bits per heavy atom. The standard InChI is InChI=1S/C14H19NO4/c1-3-4-7-15-8-14-6-5-9(19-14)10(13(17)18-2)11(14)12(15)16/h5-6,9-11H,3-4,7-8H2,1-2H3/t9-,10-,11-,14+/m0/s1. The van der Waals surface area contributed by atoms with Crippen LogP contribution < -0.4 is 0 Å². The van der Waals surface area contributed by atoms with Gasteiger partial charge >= 0.3 is 5.97 Å². The molecule has 0 aromatic carbocycles. The van der Waals surface area contributed by atoms with Crippen molar-refractivity contribution in [3.8, 4) is 0 Å². The Morgan fingerprint density at radius 3 is 3.11 bits per heavy atom. The average Bonchev–Trinajstić information content (AvgIpc) is 3.04. The van der Waals surface area contributed by atoms with Gasteiger partial charge in [-0.05, 0) is 6.42 Å². The number of fused-ring (bicyclic) bond motifs is 1. The van der Waals surface area contributed by atoms with Crippen molar-refractivity contribution in [3.63, 3.8) is 0 Å². The Hall–Kier alpha value is -1.36. The summed E-state index contributed by atoms with van der Waals surface area (Å²) in [5.41, 5.74) is -0.589. The normalized spacial score (nSPS) is 38.9. The molecule has 0 aliphatic carbocycles. The number of carbonyl (C=O) groups excluding carboxylic acids is 2. The highest BCUT2D eigenvalue weighted by molar-refractivity contribution is 5.91. The van der Waals surface area contributed by atoms with Gasteiger partial charge in [0.25, 0.3) is 0 Å². The number of methoxy groups -OCH3 is 1. The van der Waals surface area contributed by atoms with E-state index in [1.807, 2.05) is 17.1 Å². The summed E-state index contributed by atoms with van der Waals surface area (Å²) in [6, 6.07) is 0. The zero-order valence-electron chi connectivity index (χ0n) is 11.3. The Kier molecular flexibility index (Phi) is 2.89. The predicted molar refractivity (Wildman–Crippen MR) is 67.2 cm³/mol. The van der Waals surface area contributed by atoms with Gasteiger partial charge in [0.2, 0.25) is 5.91 Å². The molecule has 1 amide bonds. The van der Waals surface area contributed by atoms with Gasteiger partial charge in [-0.1, -0.05) is 25.5 Å². The molecule has 19 heavy (non-hydrogen) atoms. The van der Waals surface area contributed by atoms with E-state index >= 15 is 0 Å². The van der Waals surface area contributed by atoms with Crippen molar-refractivity contribution >= 4 is 11.9 Å². The summed E-state index contributed by atoms with van der Waals surface area (Å²) in [6.45, 7) is 3.40. The second-order valence-electron chi connectivity index (χ2n) is 5.54. The Morgan fingerprint density at radius 2 is 2.42 bits per heavy atom. The van der Waals surface area contributed by atoms with Gasteiger partial charge in [-0.15, -0.1) is 0 Å². The minimum Gasteiger partial charge on any atom is -0.469 e. The molecular formula is C14H19NO4. The summed E-state index contributed by atoms with van der Waals surface area (Å²) in [5, 5.41) is 0. The highest BCUT2D eigenvalue weighted by atomic mass is 16.5. The van der Waals surface area contributed by atoms with Gasteiger partial charge in [0.1, 0.15) is 11.5 Å². The van der Waals surface area contributed by atoms with Gasteiger partial charge in [-0.25, -0.2) is 0 Å². The van der Waals surface area contributed by atoms with Crippen LogP contribution in [-0.4, -0.2) is 48.7 Å². The molecule has 2 saturated heterocycles. The highest BCUT2D eigenvalue weighted by Gasteiger charge is 2.67. The van der Waals surface area contributed by atoms with Crippen LogP contribution in [0.5, 0.6) is 0 Å². The zero-order chi connectivity index (χ0) is 13.6. The third kappa shape index (κ3) is 1.64. The van der Waals surface area contributed by atoms with Crippen LogP contribution in [0.3, 0.4) is 0 Å². The summed E-state index contributed by atoms with van der Waals surface area (Å²) < 4.78 is 10.8. The highest BCUT2D eigenvalue weighted by Crippen LogP contribution is 2.52. The molecule has 0 aromatic rings. The molecule has 104 valence electrons. The molecule has 3 aliphatic rings. The van der Waals surface area contributed by atoms with Crippen LogP contribution in [-0.2, 0) is 19.1 Å². The molecular weight excluding hydrogens is 246 g/mol. The predicted octanol–water partition coefficient (Wildman–Crippen LogP) is 0.741. The van der Waals surface area contributed by atoms with Crippen molar-refractivity contribution in [2.24, 2.45) is 11.8 Å². The Labute approximate surface area is 112 Å². The SMILES string of the molecule is CCCCN1C[C@@]23C=C[C@H](O2)[C@H](C(=O)OC)[C@H]3C1=O. The lowest BCUT2D eigenvalue weighted by Gasteiger charge is -2.22. The molecule has 5 heteroatoms. The molecule has 3 aliphatic heterocycles. The third-order valence-electron chi connectivity index (χ3n) is 4.43. The minimum absolute atomic E-state index is 0.0377. The van der Waals surface area contributed by atoms with Crippen molar-refractivity contribution < 1.29 is 19.1 Å². The number of likely N-dealkylation sites (tertiary alicyclic amines) is 1. The fourth-order valence-electron chi connectivity index (χ4n) is 3.52. The number of carbonyl (C=O) groups is 2. The maximum Gasteiger partial charge on any atom is 0.312 e. The van der Waals surface area contributed by atoms with E-state index in [-0.39, 0.29) is 18.0 Å². The number of esters is 1. The Balaban J connectivity index is 1.86. The summed E-state index contributed by atoms with van der Waals surface area (Å²) in [4.78, 5) is 26.2. The summed E-state index contributed by atoms with van der Waals surface area (Å²) in [6.07, 6.45) is 5.58. The van der Waals surface area contributed by atoms with Crippen LogP contribution in [0, 0.1) is 11.8 Å². The van der Waals surface area contributed by atoms with Crippen LogP contribution in [0.1, 0.15) is 19.8 Å². The topological polar surface area (TPSA) is 55.8 Å². The van der Waals surface area contributed by atoms with E-state index in [0.717, 1.165) is 19.4 Å². The molecule has 2 bridgehead atoms. The van der Waals surface area contributed by atoms with E-state index < -0.39 is 17.4 Å². The number of unbranched alkanes of at least 4 members (excludes halogenated alkanes) is 1. The maximum atomic E-state index is 12.5. The number of rotatable bonds is 4. The van der Waals surface area contributed by atoms with Gasteiger partial charge in [0.05, 0.1) is 25.7 Å². The molecule has 3 heterocycles. The number of ether oxygens (including phenoxy) is 2. The molecule has 1 spiro atoms. The molecule has 0 N–H and O–H groups in total. The van der Waals surface area contributed by atoms with Gasteiger partial charge < -0.3 is 14.4 Å². The minimum atomic E-state index is -0.589. The van der Waals surface area contributed by atoms with E-state index in [0.29, 0.717) is 6.54 Å². The summed E-state index contributed by atoms with van der Waals surface area (Å²) in [5.74, 6) is -1.18. The van der Waals surface area contributed by atoms with Crippen LogP contribution in [0.4, 0.5) is 0 Å². The molecule has 0 radical (unpaired) electrons. The fraction of sp³-hybridized carbons (Fsp3) is 0.714. The van der Waals surface area contributed by atoms with E-state index in [1.54, 1.807) is 0 Å². The van der Waals surface area contributed by atoms with Gasteiger partial charge in [-0.2, -0.15) is 0 Å². The summed E-state index contributed by atoms with van der Waals surface area (Å²) >= 11 is 0. The monoisotopic (exact) mass is 265 g/mol. The third-order valence-corrected chi connectivity index (χ3v) is 4.43. The number of nitrogens with zero attached hydrogens (tertiary/aromatic N) is 1. The van der Waals surface area contributed by atoms with Crippen LogP contribution in [0.2, 0.25) is 0 Å². The molecule has 0 saturated carbocycles. The molecule has 0 aromatic heterocycles. The zero-order valence-corrected chi connectivity index (χ0v) is 11.3. The molecule has 0 unspecified atom stereocenters. The first-order chi connectivity index (χ1) is 9.13. The maximum absolute atomic E-state index is 12.5. The number of hydrogen-bond acceptors (Lipinski definition) is 4. The largest absolute Gasteiger partial charge is 0.469 e.